The van der Waals surface area contributed by atoms with E-state index in [2.05, 4.69) is 0 Å². The molecule has 3 N–H and O–H groups in total. The Morgan fingerprint density at radius 1 is 0.765 bits per heavy atom. The van der Waals surface area contributed by atoms with Gasteiger partial charge in [0.1, 0.15) is 0 Å². The maximum Gasteiger partial charge on any atom is 0.209 e. The highest BCUT2D eigenvalue weighted by Gasteiger charge is 2.29. The molecule has 0 spiro atoms. The number of rotatable bonds is 5. The largest absolute Gasteiger partial charge is 0.273 e. The Labute approximate surface area is 106 Å². The zero-order valence-corrected chi connectivity index (χ0v) is 14.0. The molecule has 104 valence electrons. The monoisotopic (exact) mass is 283 g/mol. The number of nitrogens with zero attached hydrogens (tertiary/aromatic N) is 5. The summed E-state index contributed by atoms with van der Waals surface area (Å²) in [4.78, 5) is 0. The van der Waals surface area contributed by atoms with Gasteiger partial charge in [-0.15, -0.1) is 0 Å². The van der Waals surface area contributed by atoms with Crippen molar-refractivity contribution in [2.45, 2.75) is 0 Å². The quantitative estimate of drug-likeness (QED) is 0.751. The van der Waals surface area contributed by atoms with Gasteiger partial charge in [0, 0.05) is 0 Å². The van der Waals surface area contributed by atoms with E-state index in [1.165, 1.54) is 0 Å². The van der Waals surface area contributed by atoms with E-state index in [1.54, 1.807) is 0 Å². The molecule has 0 unspecified atom stereocenters. The Morgan fingerprint density at radius 3 is 1.24 bits per heavy atom. The predicted octanol–water partition coefficient (Wildman–Crippen LogP) is 1.66. The van der Waals surface area contributed by atoms with E-state index >= 15 is 0 Å². The zero-order valence-electron chi connectivity index (χ0n) is 12.2. The summed E-state index contributed by atoms with van der Waals surface area (Å²) in [6, 6.07) is 0. The van der Waals surface area contributed by atoms with E-state index in [0.717, 1.165) is 0 Å². The van der Waals surface area contributed by atoms with Gasteiger partial charge in [-0.1, -0.05) is 0 Å². The standard InChI is InChI=1S/C8H27N7P2/c1-12(2)16(9,13(3)4)11-17(10,14(5)6)15(7)8/h9H,10H2,1-8H3. The summed E-state index contributed by atoms with van der Waals surface area (Å²) in [6.07, 6.45) is 0. The summed E-state index contributed by atoms with van der Waals surface area (Å²) in [6.45, 7) is 0. The summed E-state index contributed by atoms with van der Waals surface area (Å²) < 4.78 is 12.2. The molecule has 0 heterocycles. The Balaban J connectivity index is 5.83. The van der Waals surface area contributed by atoms with Crippen molar-refractivity contribution >= 4 is 15.0 Å². The molecule has 0 amide bonds. The summed E-state index contributed by atoms with van der Waals surface area (Å²) in [7, 11) is 10.4. The molecular weight excluding hydrogens is 256 g/mol. The third-order valence-corrected chi connectivity index (χ3v) is 9.19. The summed E-state index contributed by atoms with van der Waals surface area (Å²) >= 11 is 0. The van der Waals surface area contributed by atoms with Crippen LogP contribution in [0.4, 0.5) is 0 Å². The van der Waals surface area contributed by atoms with Gasteiger partial charge in [-0.25, -0.2) is 9.34 Å². The maximum atomic E-state index is 8.56. The van der Waals surface area contributed by atoms with Crippen molar-refractivity contribution in [3.63, 3.8) is 0 Å². The van der Waals surface area contributed by atoms with E-state index < -0.39 is 15.0 Å². The molecule has 9 heteroatoms. The van der Waals surface area contributed by atoms with Gasteiger partial charge in [0.25, 0.3) is 0 Å². The van der Waals surface area contributed by atoms with Crippen molar-refractivity contribution in [1.82, 2.24) is 18.7 Å². The first kappa shape index (κ1) is 17.3. The molecular formula is C8H27N7P2. The average molecular weight is 283 g/mol. The molecule has 0 aromatic rings. The van der Waals surface area contributed by atoms with Crippen LogP contribution in [0.5, 0.6) is 0 Å². The lowest BCUT2D eigenvalue weighted by Crippen LogP contribution is -2.28. The highest BCUT2D eigenvalue weighted by atomic mass is 31.2. The first-order chi connectivity index (χ1) is 7.48. The second-order valence-corrected chi connectivity index (χ2v) is 10.9. The lowest BCUT2D eigenvalue weighted by atomic mass is 11.3. The van der Waals surface area contributed by atoms with E-state index in [4.69, 9.17) is 15.2 Å². The number of hydrogen-bond donors (Lipinski definition) is 2. The van der Waals surface area contributed by atoms with Gasteiger partial charge in [-0.2, -0.15) is 4.52 Å². The Morgan fingerprint density at radius 2 is 1.06 bits per heavy atom. The predicted molar refractivity (Wildman–Crippen MR) is 77.9 cm³/mol. The second kappa shape index (κ2) is 5.93. The van der Waals surface area contributed by atoms with Crippen LogP contribution in [-0.2, 0) is 0 Å². The fourth-order valence-electron chi connectivity index (χ4n) is 1.22. The van der Waals surface area contributed by atoms with Crippen molar-refractivity contribution < 1.29 is 0 Å². The first-order valence-corrected chi connectivity index (χ1v) is 8.62. The molecule has 0 aliphatic rings. The highest BCUT2D eigenvalue weighted by Crippen LogP contribution is 2.62. The summed E-state index contributed by atoms with van der Waals surface area (Å²) in [5.74, 6) is 0. The van der Waals surface area contributed by atoms with Gasteiger partial charge >= 0.3 is 0 Å². The lowest BCUT2D eigenvalue weighted by molar-refractivity contribution is 0.543. The van der Waals surface area contributed by atoms with Crippen molar-refractivity contribution in [2.24, 2.45) is 10.0 Å². The molecule has 0 aromatic carbocycles. The van der Waals surface area contributed by atoms with E-state index in [-0.39, 0.29) is 0 Å². The first-order valence-electron chi connectivity index (χ1n) is 5.26. The van der Waals surface area contributed by atoms with Crippen LogP contribution < -0.4 is 5.50 Å². The molecule has 0 fully saturated rings. The minimum atomic E-state index is -2.46. The molecule has 0 aliphatic carbocycles. The summed E-state index contributed by atoms with van der Waals surface area (Å²) in [5.41, 5.74) is 6.40. The number of nitrogens with one attached hydrogen (secondary N) is 1. The third-order valence-electron chi connectivity index (χ3n) is 2.55. The Hall–Kier alpha value is 0.260. The van der Waals surface area contributed by atoms with Gasteiger partial charge in [-0.05, 0) is 56.4 Å². The van der Waals surface area contributed by atoms with E-state index in [9.17, 15) is 0 Å². The van der Waals surface area contributed by atoms with Gasteiger partial charge in [0.15, 0.2) is 7.51 Å². The van der Waals surface area contributed by atoms with Crippen molar-refractivity contribution in [2.75, 3.05) is 56.4 Å². The lowest BCUT2D eigenvalue weighted by Gasteiger charge is -2.38. The molecule has 0 atom stereocenters. The second-order valence-electron chi connectivity index (χ2n) is 4.66. The Bertz CT molecular complexity index is 324. The van der Waals surface area contributed by atoms with Gasteiger partial charge in [-0.3, -0.25) is 20.0 Å². The van der Waals surface area contributed by atoms with E-state index in [1.807, 2.05) is 75.1 Å². The van der Waals surface area contributed by atoms with Gasteiger partial charge < -0.3 is 0 Å². The van der Waals surface area contributed by atoms with Crippen molar-refractivity contribution in [3.05, 3.63) is 0 Å². The minimum absolute atomic E-state index is 1.85. The van der Waals surface area contributed by atoms with Gasteiger partial charge in [0.05, 0.1) is 0 Å². The summed E-state index contributed by atoms with van der Waals surface area (Å²) in [5, 5.41) is 8.56. The molecule has 0 bridgehead atoms. The number of nitrogens with two attached hydrogens (primary N) is 1. The van der Waals surface area contributed by atoms with Crippen LogP contribution >= 0.6 is 15.0 Å². The number of hydrogen-bond acceptors (Lipinski definition) is 1. The van der Waals surface area contributed by atoms with Crippen LogP contribution in [0.2, 0.25) is 0 Å². The maximum absolute atomic E-state index is 8.56. The topological polar surface area (TPSA) is 75.2 Å². The average Bonchev–Trinajstić information content (AvgIpc) is 2.15. The molecule has 7 nitrogen and oxygen atoms in total. The third kappa shape index (κ3) is 3.61. The molecule has 0 saturated heterocycles. The van der Waals surface area contributed by atoms with Crippen LogP contribution in [-0.4, -0.2) is 75.1 Å². The van der Waals surface area contributed by atoms with Crippen LogP contribution in [0.1, 0.15) is 0 Å². The highest BCUT2D eigenvalue weighted by molar-refractivity contribution is 7.70. The van der Waals surface area contributed by atoms with Gasteiger partial charge in [0.2, 0.25) is 7.51 Å². The van der Waals surface area contributed by atoms with Crippen LogP contribution in [0.25, 0.3) is 0 Å². The fourth-order valence-corrected chi connectivity index (χ4v) is 6.68. The van der Waals surface area contributed by atoms with Crippen LogP contribution in [0, 0.1) is 5.16 Å². The fraction of sp³-hybridized carbons (Fsp3) is 1.00. The van der Waals surface area contributed by atoms with Crippen molar-refractivity contribution in [1.29, 1.82) is 5.16 Å². The van der Waals surface area contributed by atoms with Crippen LogP contribution in [0.15, 0.2) is 4.52 Å². The Kier molecular flexibility index (Phi) is 6.02. The molecule has 0 aromatic heterocycles. The van der Waals surface area contributed by atoms with Crippen molar-refractivity contribution in [3.8, 4) is 0 Å². The smallest absolute Gasteiger partial charge is 0.209 e. The SMILES string of the molecule is CN(C)P(=N)(N=P(N)(N(C)C)N(C)C)N(C)C. The van der Waals surface area contributed by atoms with E-state index in [0.29, 0.717) is 0 Å². The molecule has 0 aliphatic heterocycles. The minimum Gasteiger partial charge on any atom is -0.273 e. The molecule has 0 saturated carbocycles. The van der Waals surface area contributed by atoms with Crippen LogP contribution in [0.3, 0.4) is 0 Å². The normalized spacial score (nSPS) is 14.2. The molecule has 0 rings (SSSR count). The molecule has 0 radical (unpaired) electrons. The zero-order chi connectivity index (χ0) is 14.0. The molecule has 17 heavy (non-hydrogen) atoms.